The second-order valence-electron chi connectivity index (χ2n) is 7.48. The second-order valence-corrected chi connectivity index (χ2v) is 13.6. The van der Waals surface area contributed by atoms with E-state index in [1.165, 1.54) is 0 Å². The lowest BCUT2D eigenvalue weighted by atomic mass is 10.2. The van der Waals surface area contributed by atoms with Gasteiger partial charge in [-0.3, -0.25) is 0 Å². The number of benzene rings is 1. The van der Waals surface area contributed by atoms with Crippen molar-refractivity contribution in [3.63, 3.8) is 0 Å². The van der Waals surface area contributed by atoms with E-state index in [4.69, 9.17) is 21.8 Å². The van der Waals surface area contributed by atoms with E-state index in [2.05, 4.69) is 39.9 Å². The molecule has 0 atom stereocenters. The number of hydrogen-bond acceptors (Lipinski definition) is 4. The van der Waals surface area contributed by atoms with E-state index < -0.39 is 23.9 Å². The quantitative estimate of drug-likeness (QED) is 0.277. The molecular formula is C17H23F3O5SSi. The zero-order valence-electron chi connectivity index (χ0n) is 16.0. The molecule has 1 aromatic carbocycles. The highest BCUT2D eigenvalue weighted by molar-refractivity contribution is 7.86. The smallest absolute Gasteiger partial charge is 0.485 e. The fraction of sp³-hybridized carbons (Fsp3) is 0.471. The van der Waals surface area contributed by atoms with Gasteiger partial charge in [0.05, 0.1) is 13.0 Å². The third-order valence-corrected chi connectivity index (χ3v) is 9.12. The molecule has 0 spiro atoms. The predicted molar refractivity (Wildman–Crippen MR) is 98.9 cm³/mol. The third kappa shape index (κ3) is 6.18. The van der Waals surface area contributed by atoms with Crippen molar-refractivity contribution in [2.45, 2.75) is 51.3 Å². The van der Waals surface area contributed by atoms with Crippen molar-refractivity contribution in [3.8, 4) is 5.75 Å². The van der Waals surface area contributed by atoms with Crippen LogP contribution in [0.4, 0.5) is 13.2 Å². The van der Waals surface area contributed by atoms with Crippen LogP contribution >= 0.6 is 0 Å². The van der Waals surface area contributed by atoms with E-state index in [1.807, 2.05) is 31.2 Å². The Morgan fingerprint density at radius 3 is 2.04 bits per heavy atom. The monoisotopic (exact) mass is 424 g/mol. The molecule has 2 aromatic rings. The maximum atomic E-state index is 10.7. The highest BCUT2D eigenvalue weighted by Crippen LogP contribution is 2.39. The summed E-state index contributed by atoms with van der Waals surface area (Å²) in [7, 11) is -7.92. The summed E-state index contributed by atoms with van der Waals surface area (Å²) in [5, 5.41) is 1.24. The summed E-state index contributed by atoms with van der Waals surface area (Å²) in [5.74, 6) is 1.83. The lowest BCUT2D eigenvalue weighted by Crippen LogP contribution is -2.43. The normalized spacial score (nSPS) is 13.1. The zero-order valence-corrected chi connectivity index (χ0v) is 17.8. The van der Waals surface area contributed by atoms with Crippen molar-refractivity contribution in [2.75, 3.05) is 0 Å². The van der Waals surface area contributed by atoms with Gasteiger partial charge in [0, 0.05) is 6.07 Å². The Bertz CT molecular complexity index is 903. The molecule has 2 rings (SSSR count). The second kappa shape index (κ2) is 7.76. The Morgan fingerprint density at radius 1 is 1.11 bits per heavy atom. The van der Waals surface area contributed by atoms with Gasteiger partial charge >= 0.3 is 16.9 Å². The number of hydrogen-bond donors (Lipinski definition) is 0. The summed E-state index contributed by atoms with van der Waals surface area (Å²) in [4.78, 5) is 0. The first-order chi connectivity index (χ1) is 12.0. The molecule has 0 aliphatic heterocycles. The summed E-state index contributed by atoms with van der Waals surface area (Å²) in [6.07, 6.45) is 0. The summed E-state index contributed by atoms with van der Waals surface area (Å²) >= 11 is 0. The number of aryl methyl sites for hydroxylation is 1. The van der Waals surface area contributed by atoms with Gasteiger partial charge in [-0.15, -0.1) is 0 Å². The van der Waals surface area contributed by atoms with Gasteiger partial charge in [-0.2, -0.15) is 13.2 Å². The van der Waals surface area contributed by atoms with E-state index in [0.29, 0.717) is 0 Å². The molecule has 10 heteroatoms. The molecular weight excluding hydrogens is 401 g/mol. The molecule has 0 unspecified atom stereocenters. The Morgan fingerprint density at radius 2 is 1.59 bits per heavy atom. The van der Waals surface area contributed by atoms with Crippen molar-refractivity contribution >= 4 is 29.4 Å². The van der Waals surface area contributed by atoms with E-state index in [-0.39, 0.29) is 5.04 Å². The van der Waals surface area contributed by atoms with Gasteiger partial charge < -0.3 is 8.98 Å². The van der Waals surface area contributed by atoms with Gasteiger partial charge in [-0.1, -0.05) is 32.9 Å². The summed E-state index contributed by atoms with van der Waals surface area (Å²) in [5.41, 5.74) is -4.76. The van der Waals surface area contributed by atoms with Gasteiger partial charge in [0.15, 0.2) is 10.1 Å². The molecule has 0 bridgehead atoms. The first-order valence-corrected chi connectivity index (χ1v) is 12.3. The van der Waals surface area contributed by atoms with E-state index in [1.54, 1.807) is 0 Å². The fourth-order valence-corrected chi connectivity index (χ4v) is 2.76. The minimum Gasteiger partial charge on any atom is -0.741 e. The van der Waals surface area contributed by atoms with Crippen LogP contribution in [0.15, 0.2) is 34.7 Å². The predicted octanol–water partition coefficient (Wildman–Crippen LogP) is 5.46. The summed E-state index contributed by atoms with van der Waals surface area (Å²) < 4.78 is 71.1. The average molecular weight is 425 g/mol. The van der Waals surface area contributed by atoms with Crippen LogP contribution in [0.25, 0.3) is 11.0 Å². The van der Waals surface area contributed by atoms with Crippen molar-refractivity contribution in [3.05, 3.63) is 36.1 Å². The standard InChI is InChI=1S/C16H23O2Si.CHF3O3S/c1-12-11-15(18-19(5,6)16(2,3)4)13-9-7-8-10-14(13)17-12;2-1(3,4)8(5,6)7/h7-11H,1-6H3;(H,5,6,7)/q+1;/p-1. The van der Waals surface area contributed by atoms with Crippen molar-refractivity contribution in [1.29, 1.82) is 0 Å². The molecule has 0 radical (unpaired) electrons. The third-order valence-electron chi connectivity index (χ3n) is 4.21. The van der Waals surface area contributed by atoms with Gasteiger partial charge in [0.1, 0.15) is 11.1 Å². The van der Waals surface area contributed by atoms with E-state index in [0.717, 1.165) is 22.5 Å². The fourth-order valence-electron chi connectivity index (χ4n) is 1.74. The molecule has 0 amide bonds. The van der Waals surface area contributed by atoms with Crippen molar-refractivity contribution in [2.24, 2.45) is 0 Å². The average Bonchev–Trinajstić information content (AvgIpc) is 2.44. The van der Waals surface area contributed by atoms with Crippen LogP contribution in [0, 0.1) is 6.92 Å². The van der Waals surface area contributed by atoms with E-state index in [9.17, 15) is 13.2 Å². The van der Waals surface area contributed by atoms with E-state index >= 15 is 0 Å². The molecule has 0 saturated heterocycles. The number of halogens is 3. The molecule has 0 aliphatic carbocycles. The van der Waals surface area contributed by atoms with Gasteiger partial charge in [0.25, 0.3) is 8.32 Å². The Labute approximate surface area is 158 Å². The molecule has 1 heterocycles. The van der Waals surface area contributed by atoms with Gasteiger partial charge in [-0.25, -0.2) is 12.8 Å². The van der Waals surface area contributed by atoms with Crippen LogP contribution in [0.1, 0.15) is 26.5 Å². The largest absolute Gasteiger partial charge is 0.741 e. The molecule has 1 aromatic heterocycles. The van der Waals surface area contributed by atoms with Crippen molar-refractivity contribution in [1.82, 2.24) is 0 Å². The number of rotatable bonds is 2. The first kappa shape index (κ1) is 23.4. The van der Waals surface area contributed by atoms with Crippen LogP contribution in [0.2, 0.25) is 18.1 Å². The van der Waals surface area contributed by atoms with Gasteiger partial charge in [0.2, 0.25) is 0 Å². The maximum Gasteiger partial charge on any atom is 0.485 e. The lowest BCUT2D eigenvalue weighted by Gasteiger charge is -2.36. The summed E-state index contributed by atoms with van der Waals surface area (Å²) in [6, 6.07) is 10.1. The Kier molecular flexibility index (Phi) is 6.72. The molecule has 0 aliphatic rings. The molecule has 152 valence electrons. The molecule has 27 heavy (non-hydrogen) atoms. The minimum absolute atomic E-state index is 0.189. The summed E-state index contributed by atoms with van der Waals surface area (Å²) in [6.45, 7) is 13.2. The molecule has 5 nitrogen and oxygen atoms in total. The number of fused-ring (bicyclic) bond motifs is 1. The van der Waals surface area contributed by atoms with Crippen LogP contribution in [0.3, 0.4) is 0 Å². The van der Waals surface area contributed by atoms with Crippen LogP contribution in [0.5, 0.6) is 5.75 Å². The minimum atomic E-state index is -6.09. The Hall–Kier alpha value is -1.65. The lowest BCUT2D eigenvalue weighted by molar-refractivity contribution is -0.0517. The maximum absolute atomic E-state index is 10.7. The molecule has 0 N–H and O–H groups in total. The van der Waals surface area contributed by atoms with Crippen LogP contribution < -0.4 is 4.43 Å². The number of alkyl halides is 3. The Balaban J connectivity index is 0.000000387. The first-order valence-electron chi connectivity index (χ1n) is 7.99. The SMILES string of the molecule is Cc1cc(O[Si](C)(C)C(C)(C)C)c2ccccc2[o+]1.O=S(=O)([O-])C(F)(F)F. The van der Waals surface area contributed by atoms with Crippen LogP contribution in [-0.2, 0) is 10.1 Å². The highest BCUT2D eigenvalue weighted by Gasteiger charge is 2.40. The topological polar surface area (TPSA) is 77.7 Å². The zero-order chi connectivity index (χ0) is 21.3. The molecule has 0 saturated carbocycles. The van der Waals surface area contributed by atoms with Crippen LogP contribution in [-0.4, -0.2) is 26.8 Å². The number of para-hydroxylation sites is 1. The van der Waals surface area contributed by atoms with Gasteiger partial charge in [-0.05, 0) is 24.2 Å². The highest BCUT2D eigenvalue weighted by atomic mass is 32.2. The molecule has 0 fully saturated rings. The van der Waals surface area contributed by atoms with Crippen molar-refractivity contribution < 1.29 is 35.0 Å².